The Morgan fingerprint density at radius 3 is 2.80 bits per heavy atom. The van der Waals surface area contributed by atoms with Crippen molar-refractivity contribution in [2.24, 2.45) is 0 Å². The van der Waals surface area contributed by atoms with Crippen LogP contribution in [0.3, 0.4) is 0 Å². The molecule has 1 aromatic rings. The van der Waals surface area contributed by atoms with Crippen LogP contribution in [0, 0.1) is 6.92 Å². The second kappa shape index (κ2) is 6.88. The number of piperidine rings is 1. The molecule has 1 saturated heterocycles. The normalized spacial score (nSPS) is 18.2. The van der Waals surface area contributed by atoms with Crippen LogP contribution in [0.15, 0.2) is 6.20 Å². The Morgan fingerprint density at radius 1 is 1.55 bits per heavy atom. The number of hydrogen-bond donors (Lipinski definition) is 2. The van der Waals surface area contributed by atoms with Crippen molar-refractivity contribution in [3.05, 3.63) is 17.7 Å². The van der Waals surface area contributed by atoms with Gasteiger partial charge in [0.25, 0.3) is 0 Å². The summed E-state index contributed by atoms with van der Waals surface area (Å²) in [4.78, 5) is 21.5. The van der Waals surface area contributed by atoms with Crippen molar-refractivity contribution < 1.29 is 4.79 Å². The van der Waals surface area contributed by atoms with Crippen molar-refractivity contribution in [1.82, 2.24) is 20.2 Å². The van der Waals surface area contributed by atoms with Crippen LogP contribution in [0.4, 0.5) is 0 Å². The quantitative estimate of drug-likeness (QED) is 0.867. The van der Waals surface area contributed by atoms with Gasteiger partial charge in [0.1, 0.15) is 5.82 Å². The fourth-order valence-corrected chi connectivity index (χ4v) is 2.75. The molecule has 20 heavy (non-hydrogen) atoms. The lowest BCUT2D eigenvalue weighted by Gasteiger charge is -2.33. The highest BCUT2D eigenvalue weighted by Crippen LogP contribution is 2.16. The number of amides is 1. The zero-order chi connectivity index (χ0) is 14.5. The summed E-state index contributed by atoms with van der Waals surface area (Å²) in [6, 6.07) is 0.702. The summed E-state index contributed by atoms with van der Waals surface area (Å²) in [7, 11) is 0. The van der Waals surface area contributed by atoms with E-state index in [0.29, 0.717) is 18.4 Å². The molecule has 1 aliphatic rings. The minimum Gasteiger partial charge on any atom is -0.345 e. The molecule has 0 unspecified atom stereocenters. The van der Waals surface area contributed by atoms with Crippen molar-refractivity contribution >= 4 is 5.91 Å². The summed E-state index contributed by atoms with van der Waals surface area (Å²) < 4.78 is 0. The predicted molar refractivity (Wildman–Crippen MR) is 79.4 cm³/mol. The topological polar surface area (TPSA) is 61.0 Å². The molecule has 0 aliphatic carbocycles. The monoisotopic (exact) mass is 278 g/mol. The number of carbonyl (C=O) groups excluding carboxylic acids is 1. The number of H-pyrrole nitrogens is 1. The van der Waals surface area contributed by atoms with Gasteiger partial charge >= 0.3 is 0 Å². The van der Waals surface area contributed by atoms with Crippen molar-refractivity contribution in [1.29, 1.82) is 0 Å². The van der Waals surface area contributed by atoms with E-state index in [0.717, 1.165) is 43.9 Å². The average Bonchev–Trinajstić information content (AvgIpc) is 2.86. The molecule has 5 heteroatoms. The van der Waals surface area contributed by atoms with Gasteiger partial charge in [-0.15, -0.1) is 0 Å². The van der Waals surface area contributed by atoms with Gasteiger partial charge in [0.2, 0.25) is 5.91 Å². The fourth-order valence-electron chi connectivity index (χ4n) is 2.75. The number of aromatic nitrogens is 2. The molecule has 2 N–H and O–H groups in total. The predicted octanol–water partition coefficient (Wildman–Crippen LogP) is 2.16. The summed E-state index contributed by atoms with van der Waals surface area (Å²) in [6.07, 6.45) is 5.53. The Labute approximate surface area is 121 Å². The highest BCUT2D eigenvalue weighted by atomic mass is 16.2. The number of hydrogen-bond acceptors (Lipinski definition) is 3. The Balaban J connectivity index is 1.78. The highest BCUT2D eigenvalue weighted by Gasteiger charge is 2.23. The molecule has 112 valence electrons. The van der Waals surface area contributed by atoms with Crippen LogP contribution in [0.2, 0.25) is 0 Å². The van der Waals surface area contributed by atoms with Gasteiger partial charge in [-0.05, 0) is 33.1 Å². The number of likely N-dealkylation sites (tertiary alicyclic amines) is 1. The van der Waals surface area contributed by atoms with Crippen molar-refractivity contribution in [2.45, 2.75) is 58.5 Å². The molecule has 1 atom stereocenters. The van der Waals surface area contributed by atoms with Crippen LogP contribution in [0.25, 0.3) is 0 Å². The van der Waals surface area contributed by atoms with E-state index < -0.39 is 0 Å². The van der Waals surface area contributed by atoms with Crippen LogP contribution in [-0.2, 0) is 4.79 Å². The van der Waals surface area contributed by atoms with Gasteiger partial charge in [0.05, 0.1) is 6.04 Å². The summed E-state index contributed by atoms with van der Waals surface area (Å²) >= 11 is 0. The molecule has 1 amide bonds. The molecule has 0 saturated carbocycles. The lowest BCUT2D eigenvalue weighted by molar-refractivity contribution is -0.132. The highest BCUT2D eigenvalue weighted by molar-refractivity contribution is 5.76. The Hall–Kier alpha value is -1.36. The van der Waals surface area contributed by atoms with Gasteiger partial charge < -0.3 is 15.2 Å². The maximum atomic E-state index is 11.8. The lowest BCUT2D eigenvalue weighted by Crippen LogP contribution is -2.45. The smallest absolute Gasteiger partial charge is 0.222 e. The third kappa shape index (κ3) is 3.82. The van der Waals surface area contributed by atoms with Crippen molar-refractivity contribution in [2.75, 3.05) is 13.1 Å². The fraction of sp³-hybridized carbons (Fsp3) is 0.733. The third-order valence-corrected chi connectivity index (χ3v) is 3.93. The second-order valence-corrected chi connectivity index (χ2v) is 5.74. The molecular formula is C15H26N4O. The zero-order valence-corrected chi connectivity index (χ0v) is 12.8. The molecule has 1 aliphatic heterocycles. The van der Waals surface area contributed by atoms with Gasteiger partial charge in [-0.1, -0.05) is 6.92 Å². The van der Waals surface area contributed by atoms with Crippen LogP contribution in [0.1, 0.15) is 57.1 Å². The number of carbonyl (C=O) groups is 1. The first-order chi connectivity index (χ1) is 9.60. The number of aromatic amines is 1. The molecule has 1 aromatic heterocycles. The molecule has 1 fully saturated rings. The van der Waals surface area contributed by atoms with Gasteiger partial charge in [0.15, 0.2) is 0 Å². The van der Waals surface area contributed by atoms with Gasteiger partial charge in [-0.2, -0.15) is 0 Å². The van der Waals surface area contributed by atoms with Crippen LogP contribution in [0.5, 0.6) is 0 Å². The SMILES string of the molecule is CCCC(=O)N1CCC(N[C@@H](C)c2ncc(C)[nH]2)CC1. The zero-order valence-electron chi connectivity index (χ0n) is 12.8. The average molecular weight is 278 g/mol. The van der Waals surface area contributed by atoms with E-state index in [-0.39, 0.29) is 6.04 Å². The minimum atomic E-state index is 0.228. The molecule has 0 radical (unpaired) electrons. The van der Waals surface area contributed by atoms with Crippen molar-refractivity contribution in [3.8, 4) is 0 Å². The maximum absolute atomic E-state index is 11.8. The van der Waals surface area contributed by atoms with Gasteiger partial charge in [-0.3, -0.25) is 4.79 Å². The van der Waals surface area contributed by atoms with Crippen LogP contribution < -0.4 is 5.32 Å². The van der Waals surface area contributed by atoms with E-state index in [2.05, 4.69) is 29.1 Å². The first-order valence-corrected chi connectivity index (χ1v) is 7.65. The Kier molecular flexibility index (Phi) is 5.17. The summed E-state index contributed by atoms with van der Waals surface area (Å²) in [6.45, 7) is 7.95. The molecule has 5 nitrogen and oxygen atoms in total. The number of nitrogens with one attached hydrogen (secondary N) is 2. The number of rotatable bonds is 5. The molecule has 0 aromatic carbocycles. The summed E-state index contributed by atoms with van der Waals surface area (Å²) in [5, 5.41) is 3.61. The van der Waals surface area contributed by atoms with E-state index >= 15 is 0 Å². The molecule has 2 heterocycles. The first kappa shape index (κ1) is 15.0. The number of imidazole rings is 1. The molecular weight excluding hydrogens is 252 g/mol. The lowest BCUT2D eigenvalue weighted by atomic mass is 10.0. The van der Waals surface area contributed by atoms with E-state index in [1.807, 2.05) is 18.0 Å². The summed E-state index contributed by atoms with van der Waals surface area (Å²) in [5.74, 6) is 1.30. The molecule has 2 rings (SSSR count). The number of aryl methyl sites for hydroxylation is 1. The largest absolute Gasteiger partial charge is 0.345 e. The Bertz CT molecular complexity index is 435. The van der Waals surface area contributed by atoms with E-state index in [4.69, 9.17) is 0 Å². The standard InChI is InChI=1S/C15H26N4O/c1-4-5-14(20)19-8-6-13(7-9-19)18-12(3)15-16-10-11(2)17-15/h10,12-13,18H,4-9H2,1-3H3,(H,16,17)/t12-/m0/s1. The maximum Gasteiger partial charge on any atom is 0.222 e. The van der Waals surface area contributed by atoms with E-state index in [9.17, 15) is 4.79 Å². The second-order valence-electron chi connectivity index (χ2n) is 5.74. The van der Waals surface area contributed by atoms with Crippen molar-refractivity contribution in [3.63, 3.8) is 0 Å². The number of nitrogens with zero attached hydrogens (tertiary/aromatic N) is 2. The van der Waals surface area contributed by atoms with Gasteiger partial charge in [-0.25, -0.2) is 4.98 Å². The summed E-state index contributed by atoms with van der Waals surface area (Å²) in [5.41, 5.74) is 1.09. The molecule has 0 bridgehead atoms. The first-order valence-electron chi connectivity index (χ1n) is 7.65. The van der Waals surface area contributed by atoms with E-state index in [1.165, 1.54) is 0 Å². The van der Waals surface area contributed by atoms with Crippen LogP contribution >= 0.6 is 0 Å². The minimum absolute atomic E-state index is 0.228. The van der Waals surface area contributed by atoms with Crippen LogP contribution in [-0.4, -0.2) is 39.9 Å². The Morgan fingerprint density at radius 2 is 2.25 bits per heavy atom. The van der Waals surface area contributed by atoms with E-state index in [1.54, 1.807) is 0 Å². The molecule has 0 spiro atoms. The van der Waals surface area contributed by atoms with Gasteiger partial charge in [0, 0.05) is 37.4 Å². The third-order valence-electron chi connectivity index (χ3n) is 3.93.